The van der Waals surface area contributed by atoms with Crippen LogP contribution in [0.1, 0.15) is 16.7 Å². The number of imide groups is 1. The molecule has 0 atom stereocenters. The number of anilines is 1. The number of urea groups is 1. The molecule has 2 aliphatic rings. The van der Waals surface area contributed by atoms with Gasteiger partial charge in [-0.15, -0.1) is 0 Å². The maximum absolute atomic E-state index is 13.8. The van der Waals surface area contributed by atoms with Crippen molar-refractivity contribution in [2.45, 2.75) is 11.7 Å². The number of amides is 3. The summed E-state index contributed by atoms with van der Waals surface area (Å²) in [5.41, 5.74) is -0.750. The second kappa shape index (κ2) is 9.27. The number of hydrogen-bond donors (Lipinski definition) is 1. The Morgan fingerprint density at radius 2 is 1.42 bits per heavy atom. The van der Waals surface area contributed by atoms with Gasteiger partial charge in [-0.1, -0.05) is 60.7 Å². The Bertz CT molecular complexity index is 1190. The van der Waals surface area contributed by atoms with Gasteiger partial charge in [0.15, 0.2) is 5.54 Å². The van der Waals surface area contributed by atoms with Crippen LogP contribution in [0.2, 0.25) is 0 Å². The first-order valence-corrected chi connectivity index (χ1v) is 11.5. The smallest absolute Gasteiger partial charge is 0.354 e. The van der Waals surface area contributed by atoms with Crippen LogP contribution in [-0.2, 0) is 16.5 Å². The van der Waals surface area contributed by atoms with E-state index < -0.39 is 23.3 Å². The largest absolute Gasteiger partial charge is 0.417 e. The average Bonchev–Trinajstić information content (AvgIpc) is 3.15. The molecule has 36 heavy (non-hydrogen) atoms. The van der Waals surface area contributed by atoms with Crippen molar-refractivity contribution in [1.29, 1.82) is 0 Å². The number of carbonyl (C=O) groups excluding carboxylic acids is 2. The minimum atomic E-state index is -4.43. The summed E-state index contributed by atoms with van der Waals surface area (Å²) in [5, 5.41) is 2.94. The standard InChI is InChI=1S/C26H24F3N5O2/c27-26(28,29)21-11-12-22(30-17-21)33-15-13-32(14-16-33)18-34-23(35)25(31-24(34)36,19-7-3-1-4-8-19)20-9-5-2-6-10-20/h1-12,17H,13-16,18H2,(H,31,36). The van der Waals surface area contributed by atoms with Crippen molar-refractivity contribution < 1.29 is 22.8 Å². The van der Waals surface area contributed by atoms with E-state index in [1.54, 1.807) is 0 Å². The van der Waals surface area contributed by atoms with E-state index in [9.17, 15) is 22.8 Å². The Kier molecular flexibility index (Phi) is 6.13. The highest BCUT2D eigenvalue weighted by Crippen LogP contribution is 2.36. The summed E-state index contributed by atoms with van der Waals surface area (Å²) in [6.07, 6.45) is -3.59. The first-order valence-electron chi connectivity index (χ1n) is 11.5. The van der Waals surface area contributed by atoms with Crippen molar-refractivity contribution in [3.63, 3.8) is 0 Å². The van der Waals surface area contributed by atoms with E-state index in [1.165, 1.54) is 11.0 Å². The molecule has 5 rings (SSSR count). The van der Waals surface area contributed by atoms with E-state index >= 15 is 0 Å². The highest BCUT2D eigenvalue weighted by molar-refractivity contribution is 6.09. The zero-order valence-corrected chi connectivity index (χ0v) is 19.3. The zero-order chi connectivity index (χ0) is 25.3. The molecule has 1 aromatic heterocycles. The van der Waals surface area contributed by atoms with Gasteiger partial charge in [-0.3, -0.25) is 9.69 Å². The van der Waals surface area contributed by atoms with Crippen molar-refractivity contribution in [2.75, 3.05) is 37.7 Å². The highest BCUT2D eigenvalue weighted by Gasteiger charge is 2.54. The number of alkyl halides is 3. The number of rotatable bonds is 5. The number of halogens is 3. The number of hydrogen-bond acceptors (Lipinski definition) is 5. The SMILES string of the molecule is O=C1NC(c2ccccc2)(c2ccccc2)C(=O)N1CN1CCN(c2ccc(C(F)(F)F)cn2)CC1. The van der Waals surface area contributed by atoms with E-state index in [0.717, 1.165) is 12.3 Å². The lowest BCUT2D eigenvalue weighted by Crippen LogP contribution is -2.52. The second-order valence-electron chi connectivity index (χ2n) is 8.79. The van der Waals surface area contributed by atoms with Crippen LogP contribution >= 0.6 is 0 Å². The normalized spacial score (nSPS) is 18.4. The third-order valence-electron chi connectivity index (χ3n) is 6.63. The molecule has 2 aromatic carbocycles. The lowest BCUT2D eigenvalue weighted by Gasteiger charge is -2.36. The van der Waals surface area contributed by atoms with Crippen LogP contribution in [0.15, 0.2) is 79.0 Å². The fourth-order valence-electron chi connectivity index (χ4n) is 4.70. The Morgan fingerprint density at radius 3 is 1.92 bits per heavy atom. The lowest BCUT2D eigenvalue weighted by molar-refractivity contribution is -0.137. The molecule has 2 saturated heterocycles. The van der Waals surface area contributed by atoms with Crippen LogP contribution in [-0.4, -0.2) is 59.6 Å². The lowest BCUT2D eigenvalue weighted by atomic mass is 9.83. The van der Waals surface area contributed by atoms with Gasteiger partial charge < -0.3 is 10.2 Å². The van der Waals surface area contributed by atoms with Crippen molar-refractivity contribution in [3.8, 4) is 0 Å². The molecule has 10 heteroatoms. The van der Waals surface area contributed by atoms with Gasteiger partial charge in [0.05, 0.1) is 12.2 Å². The molecule has 2 fully saturated rings. The minimum Gasteiger partial charge on any atom is -0.354 e. The molecule has 1 N–H and O–H groups in total. The van der Waals surface area contributed by atoms with Gasteiger partial charge in [0.2, 0.25) is 0 Å². The average molecular weight is 496 g/mol. The van der Waals surface area contributed by atoms with Crippen LogP contribution < -0.4 is 10.2 Å². The zero-order valence-electron chi connectivity index (χ0n) is 19.3. The number of piperazine rings is 1. The van der Waals surface area contributed by atoms with Crippen molar-refractivity contribution in [1.82, 2.24) is 20.1 Å². The summed E-state index contributed by atoms with van der Waals surface area (Å²) in [4.78, 5) is 35.9. The van der Waals surface area contributed by atoms with Gasteiger partial charge in [-0.05, 0) is 23.3 Å². The number of pyridine rings is 1. The van der Waals surface area contributed by atoms with Crippen LogP contribution in [0.5, 0.6) is 0 Å². The molecule has 2 aliphatic heterocycles. The summed E-state index contributed by atoms with van der Waals surface area (Å²) in [6.45, 7) is 2.16. The van der Waals surface area contributed by atoms with Gasteiger partial charge in [0.1, 0.15) is 5.82 Å². The summed E-state index contributed by atoms with van der Waals surface area (Å²) >= 11 is 0. The maximum Gasteiger partial charge on any atom is 0.417 e. The third-order valence-corrected chi connectivity index (χ3v) is 6.63. The van der Waals surface area contributed by atoms with Crippen LogP contribution in [0.3, 0.4) is 0 Å². The molecule has 3 amide bonds. The predicted molar refractivity (Wildman–Crippen MR) is 127 cm³/mol. The van der Waals surface area contributed by atoms with E-state index in [0.29, 0.717) is 43.1 Å². The Hall–Kier alpha value is -3.92. The van der Waals surface area contributed by atoms with E-state index in [2.05, 4.69) is 10.3 Å². The highest BCUT2D eigenvalue weighted by atomic mass is 19.4. The molecule has 0 radical (unpaired) electrons. The predicted octanol–water partition coefficient (Wildman–Crippen LogP) is 3.68. The fraction of sp³-hybridized carbons (Fsp3) is 0.269. The van der Waals surface area contributed by atoms with E-state index in [1.807, 2.05) is 70.5 Å². The number of nitrogens with one attached hydrogen (secondary N) is 1. The monoisotopic (exact) mass is 495 g/mol. The number of carbonyl (C=O) groups is 2. The summed E-state index contributed by atoms with van der Waals surface area (Å²) in [7, 11) is 0. The van der Waals surface area contributed by atoms with Gasteiger partial charge in [-0.2, -0.15) is 13.2 Å². The summed E-state index contributed by atoms with van der Waals surface area (Å²) < 4.78 is 38.4. The van der Waals surface area contributed by atoms with Gasteiger partial charge in [0.25, 0.3) is 5.91 Å². The molecule has 0 bridgehead atoms. The third kappa shape index (κ3) is 4.28. The maximum atomic E-state index is 13.8. The molecule has 3 aromatic rings. The van der Waals surface area contributed by atoms with E-state index in [4.69, 9.17) is 0 Å². The fourth-order valence-corrected chi connectivity index (χ4v) is 4.70. The molecule has 0 saturated carbocycles. The van der Waals surface area contributed by atoms with Crippen LogP contribution in [0, 0.1) is 0 Å². The van der Waals surface area contributed by atoms with Gasteiger partial charge in [-0.25, -0.2) is 14.7 Å². The Morgan fingerprint density at radius 1 is 0.833 bits per heavy atom. The molecule has 186 valence electrons. The first-order chi connectivity index (χ1) is 17.3. The topological polar surface area (TPSA) is 68.8 Å². The van der Waals surface area contributed by atoms with E-state index in [-0.39, 0.29) is 12.6 Å². The van der Waals surface area contributed by atoms with Crippen molar-refractivity contribution >= 4 is 17.8 Å². The number of benzene rings is 2. The van der Waals surface area contributed by atoms with Crippen molar-refractivity contribution in [3.05, 3.63) is 95.7 Å². The van der Waals surface area contributed by atoms with Crippen LogP contribution in [0.25, 0.3) is 0 Å². The first kappa shape index (κ1) is 23.8. The quantitative estimate of drug-likeness (QED) is 0.547. The summed E-state index contributed by atoms with van der Waals surface area (Å²) in [5.74, 6) is 0.113. The summed E-state index contributed by atoms with van der Waals surface area (Å²) in [6, 6.07) is 20.2. The van der Waals surface area contributed by atoms with Gasteiger partial charge in [0, 0.05) is 32.4 Å². The molecule has 0 spiro atoms. The molecule has 7 nitrogen and oxygen atoms in total. The molecular formula is C26H24F3N5O2. The molecule has 0 aliphatic carbocycles. The molecular weight excluding hydrogens is 471 g/mol. The Labute approximate surface area is 206 Å². The Balaban J connectivity index is 1.30. The van der Waals surface area contributed by atoms with Crippen molar-refractivity contribution in [2.24, 2.45) is 0 Å². The molecule has 0 unspecified atom stereocenters. The van der Waals surface area contributed by atoms with Crippen LogP contribution in [0.4, 0.5) is 23.8 Å². The minimum absolute atomic E-state index is 0.111. The second-order valence-corrected chi connectivity index (χ2v) is 8.79. The molecule has 3 heterocycles. The number of nitrogens with zero attached hydrogens (tertiary/aromatic N) is 4. The number of aromatic nitrogens is 1. The van der Waals surface area contributed by atoms with Gasteiger partial charge >= 0.3 is 12.2 Å².